The number of primary sulfonamides is 1. The molecule has 0 spiro atoms. The first-order chi connectivity index (χ1) is 14.0. The number of halogens is 4. The van der Waals surface area contributed by atoms with Crippen LogP contribution in [0, 0.1) is 5.82 Å². The summed E-state index contributed by atoms with van der Waals surface area (Å²) in [6.45, 7) is 0.580. The highest BCUT2D eigenvalue weighted by atomic mass is 32.2. The first-order valence-corrected chi connectivity index (χ1v) is 10.3. The normalized spacial score (nSPS) is 14.3. The van der Waals surface area contributed by atoms with Crippen LogP contribution in [0.1, 0.15) is 11.3 Å². The fourth-order valence-corrected chi connectivity index (χ4v) is 4.32. The summed E-state index contributed by atoms with van der Waals surface area (Å²) >= 11 is 0. The molecule has 6 nitrogen and oxygen atoms in total. The molecule has 2 N–H and O–H groups in total. The average Bonchev–Trinajstić information content (AvgIpc) is 3.25. The molecule has 0 aliphatic carbocycles. The van der Waals surface area contributed by atoms with Crippen LogP contribution in [0.15, 0.2) is 47.4 Å². The average molecular weight is 440 g/mol. The number of aromatic nitrogens is 2. The fraction of sp³-hybridized carbons (Fsp3) is 0.211. The Hall–Kier alpha value is -2.92. The second kappa shape index (κ2) is 6.81. The van der Waals surface area contributed by atoms with E-state index in [1.54, 1.807) is 18.0 Å². The van der Waals surface area contributed by atoms with Crippen molar-refractivity contribution in [2.75, 3.05) is 18.5 Å². The van der Waals surface area contributed by atoms with Crippen molar-refractivity contribution in [1.29, 1.82) is 0 Å². The molecule has 1 aliphatic rings. The molecule has 0 bridgehead atoms. The Labute approximate surface area is 169 Å². The zero-order chi connectivity index (χ0) is 21.8. The number of fused-ring (bicyclic) bond motifs is 1. The van der Waals surface area contributed by atoms with E-state index in [4.69, 9.17) is 5.14 Å². The van der Waals surface area contributed by atoms with Gasteiger partial charge < -0.3 is 4.90 Å². The van der Waals surface area contributed by atoms with Gasteiger partial charge in [-0.25, -0.2) is 22.6 Å². The molecule has 0 atom stereocenters. The summed E-state index contributed by atoms with van der Waals surface area (Å²) in [4.78, 5) is 1.33. The lowest BCUT2D eigenvalue weighted by Gasteiger charge is -2.15. The van der Waals surface area contributed by atoms with Crippen molar-refractivity contribution in [1.82, 2.24) is 9.78 Å². The van der Waals surface area contributed by atoms with Gasteiger partial charge in [0.1, 0.15) is 10.7 Å². The van der Waals surface area contributed by atoms with Crippen LogP contribution in [0.5, 0.6) is 0 Å². The zero-order valence-corrected chi connectivity index (χ0v) is 16.4. The zero-order valence-electron chi connectivity index (χ0n) is 15.6. The number of para-hydroxylation sites is 1. The van der Waals surface area contributed by atoms with Gasteiger partial charge in [0.05, 0.1) is 17.1 Å². The summed E-state index contributed by atoms with van der Waals surface area (Å²) in [7, 11) is -2.53. The van der Waals surface area contributed by atoms with Crippen LogP contribution >= 0.6 is 0 Å². The van der Waals surface area contributed by atoms with Crippen molar-refractivity contribution >= 4 is 15.7 Å². The molecule has 2 aromatic carbocycles. The van der Waals surface area contributed by atoms with Crippen LogP contribution in [0.3, 0.4) is 0 Å². The molecule has 1 aromatic heterocycles. The maximum Gasteiger partial charge on any atom is 0.435 e. The third kappa shape index (κ3) is 3.43. The minimum atomic E-state index is -4.79. The van der Waals surface area contributed by atoms with E-state index >= 15 is 0 Å². The van der Waals surface area contributed by atoms with Crippen molar-refractivity contribution < 1.29 is 26.0 Å². The molecular formula is C19H16F4N4O2S. The second-order valence-electron chi connectivity index (χ2n) is 6.97. The van der Waals surface area contributed by atoms with Gasteiger partial charge in [-0.1, -0.05) is 12.1 Å². The monoisotopic (exact) mass is 440 g/mol. The lowest BCUT2D eigenvalue weighted by molar-refractivity contribution is -0.141. The second-order valence-corrected chi connectivity index (χ2v) is 8.50. The van der Waals surface area contributed by atoms with Crippen LogP contribution in [-0.2, 0) is 22.6 Å². The van der Waals surface area contributed by atoms with Gasteiger partial charge in [-0.3, -0.25) is 0 Å². The molecule has 0 unspecified atom stereocenters. The van der Waals surface area contributed by atoms with Gasteiger partial charge in [0.25, 0.3) is 0 Å². The maximum absolute atomic E-state index is 14.7. The van der Waals surface area contributed by atoms with E-state index in [0.29, 0.717) is 24.2 Å². The van der Waals surface area contributed by atoms with Crippen LogP contribution < -0.4 is 10.0 Å². The van der Waals surface area contributed by atoms with E-state index in [1.807, 2.05) is 0 Å². The number of alkyl halides is 3. The number of hydrogen-bond acceptors (Lipinski definition) is 4. The SMILES string of the molecule is CN1CCc2cc(-c3cc(C(F)(F)F)nn3-c3ccccc3S(N)(=O)=O)cc(F)c21. The Morgan fingerprint density at radius 2 is 1.83 bits per heavy atom. The van der Waals surface area contributed by atoms with E-state index in [-0.39, 0.29) is 16.9 Å². The van der Waals surface area contributed by atoms with Crippen LogP contribution in [0.4, 0.5) is 23.2 Å². The topological polar surface area (TPSA) is 81.2 Å². The number of rotatable bonds is 3. The Morgan fingerprint density at radius 1 is 1.13 bits per heavy atom. The van der Waals surface area contributed by atoms with Gasteiger partial charge in [-0.2, -0.15) is 18.3 Å². The first-order valence-electron chi connectivity index (χ1n) is 8.80. The number of sulfonamides is 1. The minimum absolute atomic E-state index is 0.102. The van der Waals surface area contributed by atoms with Gasteiger partial charge in [0, 0.05) is 19.2 Å². The van der Waals surface area contributed by atoms with Crippen molar-refractivity contribution in [3.8, 4) is 16.9 Å². The first kappa shape index (κ1) is 20.4. The Balaban J connectivity index is 2.00. The molecular weight excluding hydrogens is 424 g/mol. The summed E-state index contributed by atoms with van der Waals surface area (Å²) in [5.74, 6) is -0.580. The molecule has 1 aliphatic heterocycles. The third-order valence-electron chi connectivity index (χ3n) is 4.94. The lowest BCUT2D eigenvalue weighted by atomic mass is 10.0. The Bertz CT molecular complexity index is 1250. The summed E-state index contributed by atoms with van der Waals surface area (Å²) in [5.41, 5.74) is -0.314. The minimum Gasteiger partial charge on any atom is -0.372 e. The molecule has 2 heterocycles. The number of likely N-dealkylation sites (N-methyl/N-ethyl adjacent to an activating group) is 1. The van der Waals surface area contributed by atoms with Gasteiger partial charge in [-0.15, -0.1) is 0 Å². The van der Waals surface area contributed by atoms with Gasteiger partial charge in [0.2, 0.25) is 10.0 Å². The molecule has 0 radical (unpaired) electrons. The smallest absolute Gasteiger partial charge is 0.372 e. The molecule has 0 saturated carbocycles. The molecule has 158 valence electrons. The van der Waals surface area contributed by atoms with Gasteiger partial charge >= 0.3 is 6.18 Å². The summed E-state index contributed by atoms with van der Waals surface area (Å²) in [5, 5.41) is 8.81. The molecule has 3 aromatic rings. The maximum atomic E-state index is 14.7. The summed E-state index contributed by atoms with van der Waals surface area (Å²) in [6, 6.07) is 8.77. The van der Waals surface area contributed by atoms with E-state index in [9.17, 15) is 26.0 Å². The summed E-state index contributed by atoms with van der Waals surface area (Å²) < 4.78 is 79.7. The van der Waals surface area contributed by atoms with Crippen LogP contribution in [0.2, 0.25) is 0 Å². The van der Waals surface area contributed by atoms with E-state index in [1.165, 1.54) is 24.3 Å². The highest BCUT2D eigenvalue weighted by Gasteiger charge is 2.36. The molecule has 0 saturated heterocycles. The third-order valence-corrected chi connectivity index (χ3v) is 5.89. The lowest BCUT2D eigenvalue weighted by Crippen LogP contribution is -2.16. The predicted octanol–water partition coefficient (Wildman–Crippen LogP) is 3.34. The molecule has 11 heteroatoms. The Morgan fingerprint density at radius 3 is 2.50 bits per heavy atom. The van der Waals surface area contributed by atoms with Gasteiger partial charge in [-0.05, 0) is 42.3 Å². The highest BCUT2D eigenvalue weighted by Crippen LogP contribution is 2.38. The quantitative estimate of drug-likeness (QED) is 0.634. The molecule has 30 heavy (non-hydrogen) atoms. The van der Waals surface area contributed by atoms with Gasteiger partial charge in [0.15, 0.2) is 5.69 Å². The highest BCUT2D eigenvalue weighted by molar-refractivity contribution is 7.89. The van der Waals surface area contributed by atoms with Crippen LogP contribution in [-0.4, -0.2) is 31.8 Å². The summed E-state index contributed by atoms with van der Waals surface area (Å²) in [6.07, 6.45) is -4.25. The number of nitrogens with two attached hydrogens (primary N) is 1. The van der Waals surface area contributed by atoms with E-state index in [0.717, 1.165) is 16.8 Å². The largest absolute Gasteiger partial charge is 0.435 e. The van der Waals surface area contributed by atoms with Crippen molar-refractivity contribution in [2.45, 2.75) is 17.5 Å². The van der Waals surface area contributed by atoms with Crippen molar-refractivity contribution in [3.05, 3.63) is 59.5 Å². The fourth-order valence-electron chi connectivity index (χ4n) is 3.60. The van der Waals surface area contributed by atoms with Crippen LogP contribution in [0.25, 0.3) is 16.9 Å². The number of nitrogens with zero attached hydrogens (tertiary/aromatic N) is 3. The standard InChI is InChI=1S/C19H16F4N4O2S/c1-26-7-6-11-8-12(9-13(20)18(11)26)15-10-17(19(21,22)23)25-27(15)14-4-2-3-5-16(14)30(24,28)29/h2-5,8-10H,6-7H2,1H3,(H2,24,28,29). The Kier molecular flexibility index (Phi) is 4.62. The van der Waals surface area contributed by atoms with Crippen molar-refractivity contribution in [2.24, 2.45) is 5.14 Å². The molecule has 4 rings (SSSR count). The number of benzene rings is 2. The number of anilines is 1. The molecule has 0 fully saturated rings. The van der Waals surface area contributed by atoms with E-state index < -0.39 is 32.6 Å². The van der Waals surface area contributed by atoms with Crippen molar-refractivity contribution in [3.63, 3.8) is 0 Å². The molecule has 0 amide bonds. The number of hydrogen-bond donors (Lipinski definition) is 1. The van der Waals surface area contributed by atoms with E-state index in [2.05, 4.69) is 5.10 Å². The predicted molar refractivity (Wildman–Crippen MR) is 102 cm³/mol.